The Kier molecular flexibility index (Phi) is 6.36. The molecule has 1 atom stereocenters. The number of aryl methyl sites for hydroxylation is 1. The SMILES string of the molecule is CCCCC(CN)NC(=O)c1cc(C)ccc1OC. The zero-order chi connectivity index (χ0) is 14.3. The molecule has 1 unspecified atom stereocenters. The van der Waals surface area contributed by atoms with Gasteiger partial charge in [0.15, 0.2) is 0 Å². The predicted molar refractivity (Wildman–Crippen MR) is 77.6 cm³/mol. The lowest BCUT2D eigenvalue weighted by Gasteiger charge is -2.17. The molecular weight excluding hydrogens is 240 g/mol. The molecule has 0 saturated carbocycles. The molecular formula is C15H24N2O2. The first-order valence-electron chi connectivity index (χ1n) is 6.78. The molecule has 106 valence electrons. The molecule has 4 nitrogen and oxygen atoms in total. The molecule has 0 radical (unpaired) electrons. The molecule has 19 heavy (non-hydrogen) atoms. The van der Waals surface area contributed by atoms with E-state index in [0.717, 1.165) is 24.8 Å². The minimum absolute atomic E-state index is 0.0256. The van der Waals surface area contributed by atoms with Crippen LogP contribution in [0.5, 0.6) is 5.75 Å². The average molecular weight is 264 g/mol. The monoisotopic (exact) mass is 264 g/mol. The lowest BCUT2D eigenvalue weighted by molar-refractivity contribution is 0.0932. The van der Waals surface area contributed by atoms with Crippen molar-refractivity contribution >= 4 is 5.91 Å². The highest BCUT2D eigenvalue weighted by Crippen LogP contribution is 2.19. The number of carbonyl (C=O) groups is 1. The third-order valence-corrected chi connectivity index (χ3v) is 3.13. The summed E-state index contributed by atoms with van der Waals surface area (Å²) in [5.41, 5.74) is 7.29. The average Bonchev–Trinajstić information content (AvgIpc) is 2.43. The van der Waals surface area contributed by atoms with E-state index in [1.54, 1.807) is 7.11 Å². The van der Waals surface area contributed by atoms with Gasteiger partial charge in [-0.3, -0.25) is 4.79 Å². The van der Waals surface area contributed by atoms with E-state index >= 15 is 0 Å². The van der Waals surface area contributed by atoms with Gasteiger partial charge < -0.3 is 15.8 Å². The first kappa shape index (κ1) is 15.5. The van der Waals surface area contributed by atoms with Gasteiger partial charge in [-0.2, -0.15) is 0 Å². The minimum Gasteiger partial charge on any atom is -0.496 e. The Hall–Kier alpha value is -1.55. The number of hydrogen-bond donors (Lipinski definition) is 2. The van der Waals surface area contributed by atoms with E-state index in [0.29, 0.717) is 17.9 Å². The van der Waals surface area contributed by atoms with Crippen LogP contribution in [0, 0.1) is 6.92 Å². The quantitative estimate of drug-likeness (QED) is 0.794. The van der Waals surface area contributed by atoms with Crippen LogP contribution >= 0.6 is 0 Å². The second-order valence-electron chi connectivity index (χ2n) is 4.75. The molecule has 0 aromatic heterocycles. The summed E-state index contributed by atoms with van der Waals surface area (Å²) in [5.74, 6) is 0.474. The number of hydrogen-bond acceptors (Lipinski definition) is 3. The van der Waals surface area contributed by atoms with Crippen molar-refractivity contribution in [1.82, 2.24) is 5.32 Å². The summed E-state index contributed by atoms with van der Waals surface area (Å²) in [6.07, 6.45) is 3.07. The first-order chi connectivity index (χ1) is 9.12. The highest BCUT2D eigenvalue weighted by Gasteiger charge is 2.16. The van der Waals surface area contributed by atoms with Crippen molar-refractivity contribution in [2.75, 3.05) is 13.7 Å². The Bertz CT molecular complexity index is 419. The van der Waals surface area contributed by atoms with Crippen LogP contribution in [0.3, 0.4) is 0 Å². The van der Waals surface area contributed by atoms with Gasteiger partial charge in [0.2, 0.25) is 0 Å². The second kappa shape index (κ2) is 7.79. The Morgan fingerprint density at radius 3 is 2.79 bits per heavy atom. The molecule has 0 aliphatic carbocycles. The molecule has 1 aromatic rings. The van der Waals surface area contributed by atoms with Crippen molar-refractivity contribution in [3.05, 3.63) is 29.3 Å². The predicted octanol–water partition coefficient (Wildman–Crippen LogP) is 2.25. The van der Waals surface area contributed by atoms with Gasteiger partial charge in [0.1, 0.15) is 5.75 Å². The van der Waals surface area contributed by atoms with E-state index in [1.807, 2.05) is 25.1 Å². The van der Waals surface area contributed by atoms with Gasteiger partial charge in [0.25, 0.3) is 5.91 Å². The maximum absolute atomic E-state index is 12.3. The Morgan fingerprint density at radius 1 is 1.47 bits per heavy atom. The van der Waals surface area contributed by atoms with Crippen LogP contribution in [0.2, 0.25) is 0 Å². The van der Waals surface area contributed by atoms with Gasteiger partial charge in [0.05, 0.1) is 12.7 Å². The lowest BCUT2D eigenvalue weighted by Crippen LogP contribution is -2.40. The highest BCUT2D eigenvalue weighted by molar-refractivity contribution is 5.97. The maximum atomic E-state index is 12.3. The van der Waals surface area contributed by atoms with E-state index in [9.17, 15) is 4.79 Å². The normalized spacial score (nSPS) is 12.0. The van der Waals surface area contributed by atoms with Gasteiger partial charge in [-0.05, 0) is 25.5 Å². The van der Waals surface area contributed by atoms with Gasteiger partial charge in [-0.15, -0.1) is 0 Å². The number of nitrogens with one attached hydrogen (secondary N) is 1. The number of amides is 1. The highest BCUT2D eigenvalue weighted by atomic mass is 16.5. The van der Waals surface area contributed by atoms with E-state index in [4.69, 9.17) is 10.5 Å². The molecule has 0 bridgehead atoms. The summed E-state index contributed by atoms with van der Waals surface area (Å²) in [4.78, 5) is 12.3. The molecule has 0 aliphatic rings. The summed E-state index contributed by atoms with van der Waals surface area (Å²) < 4.78 is 5.23. The fourth-order valence-corrected chi connectivity index (χ4v) is 1.96. The lowest BCUT2D eigenvalue weighted by atomic mass is 10.1. The Balaban J connectivity index is 2.78. The number of methoxy groups -OCH3 is 1. The summed E-state index contributed by atoms with van der Waals surface area (Å²) in [7, 11) is 1.57. The van der Waals surface area contributed by atoms with Crippen LogP contribution in [-0.4, -0.2) is 25.6 Å². The van der Waals surface area contributed by atoms with Crippen molar-refractivity contribution in [3.63, 3.8) is 0 Å². The summed E-state index contributed by atoms with van der Waals surface area (Å²) in [6.45, 7) is 4.53. The van der Waals surface area contributed by atoms with E-state index < -0.39 is 0 Å². The zero-order valence-electron chi connectivity index (χ0n) is 12.0. The molecule has 0 saturated heterocycles. The molecule has 1 aromatic carbocycles. The van der Waals surface area contributed by atoms with Crippen LogP contribution in [0.1, 0.15) is 42.1 Å². The summed E-state index contributed by atoms with van der Waals surface area (Å²) >= 11 is 0. The van der Waals surface area contributed by atoms with Crippen molar-refractivity contribution in [1.29, 1.82) is 0 Å². The molecule has 1 rings (SSSR count). The van der Waals surface area contributed by atoms with Gasteiger partial charge >= 0.3 is 0 Å². The molecule has 1 amide bonds. The van der Waals surface area contributed by atoms with E-state index in [1.165, 1.54) is 0 Å². The Labute approximate surface area is 115 Å². The molecule has 0 fully saturated rings. The fourth-order valence-electron chi connectivity index (χ4n) is 1.96. The van der Waals surface area contributed by atoms with Crippen molar-refractivity contribution in [2.45, 2.75) is 39.2 Å². The number of rotatable bonds is 7. The topological polar surface area (TPSA) is 64.3 Å². The maximum Gasteiger partial charge on any atom is 0.255 e. The van der Waals surface area contributed by atoms with Crippen molar-refractivity contribution < 1.29 is 9.53 Å². The smallest absolute Gasteiger partial charge is 0.255 e. The third-order valence-electron chi connectivity index (χ3n) is 3.13. The minimum atomic E-state index is -0.118. The molecule has 4 heteroatoms. The van der Waals surface area contributed by atoms with E-state index in [-0.39, 0.29) is 11.9 Å². The van der Waals surface area contributed by atoms with E-state index in [2.05, 4.69) is 12.2 Å². The number of ether oxygens (including phenoxy) is 1. The van der Waals surface area contributed by atoms with Gasteiger partial charge in [-0.1, -0.05) is 31.4 Å². The standard InChI is InChI=1S/C15H24N2O2/c1-4-5-6-12(10-16)17-15(18)13-9-11(2)7-8-14(13)19-3/h7-9,12H,4-6,10,16H2,1-3H3,(H,17,18). The van der Waals surface area contributed by atoms with Crippen LogP contribution in [0.15, 0.2) is 18.2 Å². The Morgan fingerprint density at radius 2 is 2.21 bits per heavy atom. The van der Waals surface area contributed by atoms with Gasteiger partial charge in [0, 0.05) is 12.6 Å². The van der Waals surface area contributed by atoms with Crippen LogP contribution in [0.4, 0.5) is 0 Å². The van der Waals surface area contributed by atoms with Crippen LogP contribution < -0.4 is 15.8 Å². The van der Waals surface area contributed by atoms with Gasteiger partial charge in [-0.25, -0.2) is 0 Å². The number of unbranched alkanes of at least 4 members (excludes halogenated alkanes) is 1. The fraction of sp³-hybridized carbons (Fsp3) is 0.533. The number of benzene rings is 1. The van der Waals surface area contributed by atoms with Crippen LogP contribution in [0.25, 0.3) is 0 Å². The molecule has 0 spiro atoms. The summed E-state index contributed by atoms with van der Waals surface area (Å²) in [6, 6.07) is 5.60. The van der Waals surface area contributed by atoms with Crippen LogP contribution in [-0.2, 0) is 0 Å². The second-order valence-corrected chi connectivity index (χ2v) is 4.75. The van der Waals surface area contributed by atoms with Crippen molar-refractivity contribution in [2.24, 2.45) is 5.73 Å². The molecule has 0 heterocycles. The third kappa shape index (κ3) is 4.56. The molecule has 0 aliphatic heterocycles. The first-order valence-corrected chi connectivity index (χ1v) is 6.78. The number of carbonyl (C=O) groups excluding carboxylic acids is 1. The number of nitrogens with two attached hydrogens (primary N) is 1. The van der Waals surface area contributed by atoms with Crippen molar-refractivity contribution in [3.8, 4) is 5.75 Å². The molecule has 3 N–H and O–H groups in total. The summed E-state index contributed by atoms with van der Waals surface area (Å²) in [5, 5.41) is 2.98. The zero-order valence-corrected chi connectivity index (χ0v) is 12.0. The largest absolute Gasteiger partial charge is 0.496 e.